The average molecular weight is 279 g/mol. The molecular formula is C10H11ClO5S. The molecule has 94 valence electrons. The first-order chi connectivity index (χ1) is 7.99. The minimum Gasteiger partial charge on any atom is -0.493 e. The molecule has 5 nitrogen and oxygen atoms in total. The number of methoxy groups -OCH3 is 1. The SMILES string of the molecule is COc1cc(CS(=O)(=O)Cl)cc2c1OCCO2. The van der Waals surface area contributed by atoms with Crippen molar-refractivity contribution in [3.8, 4) is 17.2 Å². The second-order valence-corrected chi connectivity index (χ2v) is 6.28. The number of hydrogen-bond donors (Lipinski definition) is 0. The number of fused-ring (bicyclic) bond motifs is 1. The quantitative estimate of drug-likeness (QED) is 0.785. The zero-order valence-electron chi connectivity index (χ0n) is 9.10. The lowest BCUT2D eigenvalue weighted by atomic mass is 10.2. The Labute approximate surface area is 104 Å². The Bertz CT molecular complexity index is 508. The van der Waals surface area contributed by atoms with E-state index in [-0.39, 0.29) is 5.75 Å². The summed E-state index contributed by atoms with van der Waals surface area (Å²) < 4.78 is 37.9. The van der Waals surface area contributed by atoms with Gasteiger partial charge in [-0.25, -0.2) is 8.42 Å². The summed E-state index contributed by atoms with van der Waals surface area (Å²) in [7, 11) is 3.08. The molecule has 2 rings (SSSR count). The van der Waals surface area contributed by atoms with Crippen molar-refractivity contribution < 1.29 is 22.6 Å². The summed E-state index contributed by atoms with van der Waals surface area (Å²) in [5.74, 6) is 1.14. The van der Waals surface area contributed by atoms with Crippen LogP contribution in [0.3, 0.4) is 0 Å². The van der Waals surface area contributed by atoms with Gasteiger partial charge >= 0.3 is 0 Å². The Morgan fingerprint density at radius 2 is 2.06 bits per heavy atom. The molecular weight excluding hydrogens is 268 g/mol. The van der Waals surface area contributed by atoms with Crippen LogP contribution in [0.2, 0.25) is 0 Å². The largest absolute Gasteiger partial charge is 0.493 e. The Hall–Kier alpha value is -1.14. The van der Waals surface area contributed by atoms with Crippen LogP contribution in [0.5, 0.6) is 17.2 Å². The van der Waals surface area contributed by atoms with Crippen LogP contribution in [0.1, 0.15) is 5.56 Å². The lowest BCUT2D eigenvalue weighted by Gasteiger charge is -2.21. The Morgan fingerprint density at radius 3 is 2.71 bits per heavy atom. The maximum atomic E-state index is 11.0. The molecule has 1 aliphatic heterocycles. The first-order valence-electron chi connectivity index (χ1n) is 4.88. The van der Waals surface area contributed by atoms with Crippen molar-refractivity contribution in [1.29, 1.82) is 0 Å². The lowest BCUT2D eigenvalue weighted by Crippen LogP contribution is -2.16. The highest BCUT2D eigenvalue weighted by Crippen LogP contribution is 2.40. The molecule has 1 heterocycles. The highest BCUT2D eigenvalue weighted by Gasteiger charge is 2.20. The standard InChI is InChI=1S/C10H11ClO5S/c1-14-8-4-7(6-17(11,12)13)5-9-10(8)16-3-2-15-9/h4-5H,2-3,6H2,1H3. The van der Waals surface area contributed by atoms with Crippen LogP contribution in [0, 0.1) is 0 Å². The fraction of sp³-hybridized carbons (Fsp3) is 0.400. The third-order valence-electron chi connectivity index (χ3n) is 2.23. The van der Waals surface area contributed by atoms with E-state index in [0.717, 1.165) is 0 Å². The molecule has 0 amide bonds. The third kappa shape index (κ3) is 2.95. The highest BCUT2D eigenvalue weighted by atomic mass is 35.7. The van der Waals surface area contributed by atoms with Gasteiger partial charge in [0, 0.05) is 10.7 Å². The van der Waals surface area contributed by atoms with E-state index in [4.69, 9.17) is 24.9 Å². The first-order valence-corrected chi connectivity index (χ1v) is 7.36. The van der Waals surface area contributed by atoms with Gasteiger partial charge in [-0.1, -0.05) is 0 Å². The monoisotopic (exact) mass is 278 g/mol. The molecule has 0 N–H and O–H groups in total. The molecule has 1 aromatic rings. The molecule has 1 aromatic carbocycles. The molecule has 0 spiro atoms. The molecule has 0 atom stereocenters. The number of rotatable bonds is 3. The number of benzene rings is 1. The molecule has 0 saturated carbocycles. The fourth-order valence-electron chi connectivity index (χ4n) is 1.61. The predicted octanol–water partition coefficient (Wildman–Crippen LogP) is 1.53. The van der Waals surface area contributed by atoms with Gasteiger partial charge in [-0.15, -0.1) is 0 Å². The maximum Gasteiger partial charge on any atom is 0.236 e. The van der Waals surface area contributed by atoms with Crippen LogP contribution in [0.15, 0.2) is 12.1 Å². The van der Waals surface area contributed by atoms with E-state index in [0.29, 0.717) is 36.0 Å². The van der Waals surface area contributed by atoms with Gasteiger partial charge in [-0.3, -0.25) is 0 Å². The smallest absolute Gasteiger partial charge is 0.236 e. The minimum absolute atomic E-state index is 0.276. The summed E-state index contributed by atoms with van der Waals surface area (Å²) >= 11 is 0. The molecule has 0 aromatic heterocycles. The van der Waals surface area contributed by atoms with Gasteiger partial charge in [0.2, 0.25) is 14.8 Å². The van der Waals surface area contributed by atoms with Crippen LogP contribution in [0.25, 0.3) is 0 Å². The molecule has 0 saturated heterocycles. The van der Waals surface area contributed by atoms with Crippen molar-refractivity contribution in [2.75, 3.05) is 20.3 Å². The van der Waals surface area contributed by atoms with Crippen LogP contribution >= 0.6 is 10.7 Å². The second-order valence-electron chi connectivity index (χ2n) is 3.51. The van der Waals surface area contributed by atoms with E-state index in [2.05, 4.69) is 0 Å². The normalized spacial score (nSPS) is 14.5. The van der Waals surface area contributed by atoms with E-state index in [9.17, 15) is 8.42 Å². The number of halogens is 1. The number of ether oxygens (including phenoxy) is 3. The second kappa shape index (κ2) is 4.62. The summed E-state index contributed by atoms with van der Waals surface area (Å²) in [6.45, 7) is 0.865. The Kier molecular flexibility index (Phi) is 3.35. The van der Waals surface area contributed by atoms with Gasteiger partial charge in [0.25, 0.3) is 0 Å². The Morgan fingerprint density at radius 1 is 1.35 bits per heavy atom. The summed E-state index contributed by atoms with van der Waals surface area (Å²) in [4.78, 5) is 0. The van der Waals surface area contributed by atoms with Crippen LogP contribution < -0.4 is 14.2 Å². The third-order valence-corrected chi connectivity index (χ3v) is 3.23. The molecule has 0 unspecified atom stereocenters. The summed E-state index contributed by atoms with van der Waals surface area (Å²) in [6, 6.07) is 3.17. The number of hydrogen-bond acceptors (Lipinski definition) is 5. The molecule has 0 fully saturated rings. The van der Waals surface area contributed by atoms with E-state index in [1.54, 1.807) is 12.1 Å². The molecule has 0 bridgehead atoms. The first kappa shape index (κ1) is 12.3. The average Bonchev–Trinajstić information content (AvgIpc) is 2.25. The zero-order chi connectivity index (χ0) is 12.5. The molecule has 17 heavy (non-hydrogen) atoms. The van der Waals surface area contributed by atoms with Crippen molar-refractivity contribution >= 4 is 19.7 Å². The molecule has 0 aliphatic carbocycles. The van der Waals surface area contributed by atoms with E-state index < -0.39 is 9.05 Å². The summed E-state index contributed by atoms with van der Waals surface area (Å²) in [5.41, 5.74) is 0.501. The Balaban J connectivity index is 2.42. The predicted molar refractivity (Wildman–Crippen MR) is 62.5 cm³/mol. The maximum absolute atomic E-state index is 11.0. The summed E-state index contributed by atoms with van der Waals surface area (Å²) in [5, 5.41) is 0. The molecule has 1 aliphatic rings. The van der Waals surface area contributed by atoms with Crippen LogP contribution in [-0.2, 0) is 14.8 Å². The van der Waals surface area contributed by atoms with E-state index in [1.807, 2.05) is 0 Å². The topological polar surface area (TPSA) is 61.8 Å². The van der Waals surface area contributed by atoms with Crippen molar-refractivity contribution in [3.63, 3.8) is 0 Å². The van der Waals surface area contributed by atoms with E-state index in [1.165, 1.54) is 7.11 Å². The fourth-order valence-corrected chi connectivity index (χ4v) is 2.55. The van der Waals surface area contributed by atoms with Gasteiger partial charge in [0.1, 0.15) is 13.2 Å². The molecule has 0 radical (unpaired) electrons. The van der Waals surface area contributed by atoms with Gasteiger partial charge < -0.3 is 14.2 Å². The van der Waals surface area contributed by atoms with Crippen molar-refractivity contribution in [2.24, 2.45) is 0 Å². The van der Waals surface area contributed by atoms with E-state index >= 15 is 0 Å². The molecule has 7 heteroatoms. The minimum atomic E-state index is -3.61. The van der Waals surface area contributed by atoms with Gasteiger partial charge in [-0.2, -0.15) is 0 Å². The van der Waals surface area contributed by atoms with Crippen molar-refractivity contribution in [2.45, 2.75) is 5.75 Å². The van der Waals surface area contributed by atoms with Gasteiger partial charge in [0.05, 0.1) is 12.9 Å². The van der Waals surface area contributed by atoms with Crippen molar-refractivity contribution in [1.82, 2.24) is 0 Å². The highest BCUT2D eigenvalue weighted by molar-refractivity contribution is 8.13. The lowest BCUT2D eigenvalue weighted by molar-refractivity contribution is 0.165. The zero-order valence-corrected chi connectivity index (χ0v) is 10.7. The van der Waals surface area contributed by atoms with Crippen molar-refractivity contribution in [3.05, 3.63) is 17.7 Å². The van der Waals surface area contributed by atoms with Crippen LogP contribution in [0.4, 0.5) is 0 Å². The van der Waals surface area contributed by atoms with Gasteiger partial charge in [0.15, 0.2) is 11.5 Å². The van der Waals surface area contributed by atoms with Gasteiger partial charge in [-0.05, 0) is 17.7 Å². The van der Waals surface area contributed by atoms with Crippen LogP contribution in [-0.4, -0.2) is 28.7 Å². The summed E-state index contributed by atoms with van der Waals surface area (Å²) in [6.07, 6.45) is 0.